The molecule has 0 spiro atoms. The third kappa shape index (κ3) is 5.69. The summed E-state index contributed by atoms with van der Waals surface area (Å²) in [7, 11) is 0. The molecule has 0 aromatic carbocycles. The Hall–Kier alpha value is 0.461. The number of hydrogen-bond acceptors (Lipinski definition) is 1. The normalized spacial score (nSPS) is 13.3. The second-order valence-electron chi connectivity index (χ2n) is 4.07. The molecular formula is C10H18Cl2NOSiTi. The van der Waals surface area contributed by atoms with E-state index >= 15 is 0 Å². The molecule has 6 heteroatoms. The molecule has 1 aliphatic carbocycles. The summed E-state index contributed by atoms with van der Waals surface area (Å²) in [5.41, 5.74) is 1.37. The van der Waals surface area contributed by atoms with Crippen molar-refractivity contribution in [3.63, 3.8) is 0 Å². The van der Waals surface area contributed by atoms with Gasteiger partial charge < -0.3 is 24.8 Å². The van der Waals surface area contributed by atoms with Crippen LogP contribution in [0.4, 0.5) is 0 Å². The van der Waals surface area contributed by atoms with Crippen LogP contribution in [0.25, 0.3) is 0 Å². The molecule has 0 saturated carbocycles. The number of amides is 1. The van der Waals surface area contributed by atoms with E-state index < -0.39 is 24.0 Å². The fourth-order valence-electron chi connectivity index (χ4n) is 1.64. The van der Waals surface area contributed by atoms with Gasteiger partial charge in [-0.25, -0.2) is 0 Å². The van der Waals surface area contributed by atoms with Gasteiger partial charge in [0, 0.05) is 0 Å². The minimum absolute atomic E-state index is 0. The van der Waals surface area contributed by atoms with Crippen molar-refractivity contribution in [2.45, 2.75) is 33.4 Å². The Labute approximate surface area is 118 Å². The molecule has 0 unspecified atom stereocenters. The summed E-state index contributed by atoms with van der Waals surface area (Å²) >= 11 is -1.40. The van der Waals surface area contributed by atoms with Crippen LogP contribution < -0.4 is 28.6 Å². The number of halogens is 2. The Morgan fingerprint density at radius 3 is 2.31 bits per heavy atom. The molecule has 0 aromatic heterocycles. The zero-order chi connectivity index (χ0) is 10.7. The van der Waals surface area contributed by atoms with Gasteiger partial charge in [0.05, 0.1) is 0 Å². The first-order chi connectivity index (χ1) is 6.50. The summed E-state index contributed by atoms with van der Waals surface area (Å²) in [5.74, 6) is 0.159. The van der Waals surface area contributed by atoms with Gasteiger partial charge in [0.15, 0.2) is 0 Å². The van der Waals surface area contributed by atoms with Crippen molar-refractivity contribution in [1.82, 2.24) is 3.80 Å². The number of nitrogens with one attached hydrogen (secondary N) is 1. The van der Waals surface area contributed by atoms with Crippen molar-refractivity contribution in [3.05, 3.63) is 21.6 Å². The summed E-state index contributed by atoms with van der Waals surface area (Å²) in [6.45, 7) is 7.78. The molecule has 0 bridgehead atoms. The van der Waals surface area contributed by atoms with E-state index in [2.05, 4.69) is 36.0 Å². The van der Waals surface area contributed by atoms with Gasteiger partial charge in [0.2, 0.25) is 0 Å². The van der Waals surface area contributed by atoms with Crippen molar-refractivity contribution in [3.8, 4) is 0 Å². The summed E-state index contributed by atoms with van der Waals surface area (Å²) in [5, 5.41) is 0. The quantitative estimate of drug-likeness (QED) is 0.527. The fraction of sp³-hybridized carbons (Fsp3) is 0.500. The predicted octanol–water partition coefficient (Wildman–Crippen LogP) is -4.12. The number of hydrogen-bond donors (Lipinski definition) is 1. The Kier molecular flexibility index (Phi) is 10.0. The molecule has 2 nitrogen and oxygen atoms in total. The first kappa shape index (κ1) is 18.8. The molecule has 0 aliphatic heterocycles. The second-order valence-corrected chi connectivity index (χ2v) is 16.9. The molecule has 0 atom stereocenters. The zero-order valence-electron chi connectivity index (χ0n) is 10.1. The molecule has 1 N–H and O–H groups in total. The van der Waals surface area contributed by atoms with Crippen molar-refractivity contribution >= 4 is 12.6 Å². The molecule has 16 heavy (non-hydrogen) atoms. The molecule has 1 aliphatic rings. The molecule has 91 valence electrons. The topological polar surface area (TPSA) is 29.1 Å². The molecular weight excluding hydrogens is 297 g/mol. The standard InChI is InChI=1S/C6H7.C2H5NO.C2H7Si.2ClH.Ti/c1-6-4-2-3-5-6;1-2(3)4;1-3-2;;;/h4-5H,2H2,1H3;1H3,(H2,3,4);3H,1-2H3;2*1H;/q;;;;;+3/p-3. The van der Waals surface area contributed by atoms with Crippen LogP contribution >= 0.6 is 0 Å². The number of allylic oxidation sites excluding steroid dienone is 4. The average molecular weight is 315 g/mol. The van der Waals surface area contributed by atoms with E-state index in [4.69, 9.17) is 0 Å². The molecule has 0 saturated heterocycles. The maximum Gasteiger partial charge on any atom is -1.00 e. The van der Waals surface area contributed by atoms with Crippen LogP contribution in [0.15, 0.2) is 21.6 Å². The van der Waals surface area contributed by atoms with E-state index in [0.717, 1.165) is 6.42 Å². The van der Waals surface area contributed by atoms with Crippen molar-refractivity contribution in [1.29, 1.82) is 0 Å². The summed E-state index contributed by atoms with van der Waals surface area (Å²) in [6, 6.07) is 0. The molecule has 0 radical (unpaired) electrons. The first-order valence-corrected chi connectivity index (χ1v) is 12.2. The monoisotopic (exact) mass is 314 g/mol. The van der Waals surface area contributed by atoms with E-state index in [1.165, 1.54) is 5.57 Å². The van der Waals surface area contributed by atoms with E-state index in [0.29, 0.717) is 0 Å². The van der Waals surface area contributed by atoms with Crippen LogP contribution in [0.1, 0.15) is 20.3 Å². The van der Waals surface area contributed by atoms with Gasteiger partial charge in [0.1, 0.15) is 0 Å². The van der Waals surface area contributed by atoms with Gasteiger partial charge in [-0.15, -0.1) is 0 Å². The van der Waals surface area contributed by atoms with Crippen LogP contribution in [-0.2, 0) is 22.2 Å². The largest absolute Gasteiger partial charge is 1.00 e. The van der Waals surface area contributed by atoms with Crippen LogP contribution in [-0.4, -0.2) is 12.6 Å². The van der Waals surface area contributed by atoms with Crippen LogP contribution in [0, 0.1) is 0 Å². The summed E-state index contributed by atoms with van der Waals surface area (Å²) < 4.78 is 4.78. The Morgan fingerprint density at radius 1 is 1.44 bits per heavy atom. The first-order valence-electron chi connectivity index (χ1n) is 5.03. The van der Waals surface area contributed by atoms with Crippen LogP contribution in [0.2, 0.25) is 13.1 Å². The fourth-order valence-corrected chi connectivity index (χ4v) is 11.1. The molecule has 0 heterocycles. The Bertz CT molecular complexity index is 305. The summed E-state index contributed by atoms with van der Waals surface area (Å²) in [6.07, 6.45) is 5.64. The van der Waals surface area contributed by atoms with Gasteiger partial charge >= 0.3 is 93.5 Å². The molecule has 1 rings (SSSR count). The van der Waals surface area contributed by atoms with Crippen molar-refractivity contribution in [2.24, 2.45) is 0 Å². The van der Waals surface area contributed by atoms with E-state index in [1.807, 2.05) is 0 Å². The van der Waals surface area contributed by atoms with Gasteiger partial charge in [-0.1, -0.05) is 0 Å². The zero-order valence-corrected chi connectivity index (χ0v) is 14.3. The van der Waals surface area contributed by atoms with Gasteiger partial charge in [-0.05, 0) is 0 Å². The van der Waals surface area contributed by atoms with Crippen molar-refractivity contribution < 1.29 is 47.0 Å². The van der Waals surface area contributed by atoms with E-state index in [9.17, 15) is 4.79 Å². The van der Waals surface area contributed by atoms with Crippen LogP contribution in [0.5, 0.6) is 0 Å². The smallest absolute Gasteiger partial charge is 1.00 e. The number of carbonyl (C=O) groups is 1. The third-order valence-electron chi connectivity index (χ3n) is 2.28. The Morgan fingerprint density at radius 2 is 2.00 bits per heavy atom. The molecule has 0 aromatic rings. The molecule has 1 amide bonds. The Balaban J connectivity index is 0. The number of carbonyl (C=O) groups excluding carboxylic acids is 1. The van der Waals surface area contributed by atoms with E-state index in [-0.39, 0.29) is 30.7 Å². The van der Waals surface area contributed by atoms with Gasteiger partial charge in [0.25, 0.3) is 0 Å². The van der Waals surface area contributed by atoms with E-state index in [1.54, 1.807) is 10.8 Å². The van der Waals surface area contributed by atoms with Gasteiger partial charge in [-0.2, -0.15) is 0 Å². The average Bonchev–Trinajstić information content (AvgIpc) is 2.46. The summed E-state index contributed by atoms with van der Waals surface area (Å²) in [4.78, 5) is 11.1. The number of rotatable bonds is 3. The van der Waals surface area contributed by atoms with Crippen molar-refractivity contribution in [2.75, 3.05) is 0 Å². The minimum atomic E-state index is -1.40. The minimum Gasteiger partial charge on any atom is -1.00 e. The maximum absolute atomic E-state index is 11.1. The van der Waals surface area contributed by atoms with Gasteiger partial charge in [-0.3, -0.25) is 0 Å². The van der Waals surface area contributed by atoms with Crippen LogP contribution in [0.3, 0.4) is 0 Å². The molecule has 0 fully saturated rings. The predicted molar refractivity (Wildman–Crippen MR) is 59.2 cm³/mol. The third-order valence-corrected chi connectivity index (χ3v) is 13.6. The maximum atomic E-state index is 11.1. The SMILES string of the molecule is CC(=O)[NH][Ti+2]([C]1=CC(C)=CC1)[SiH](C)C.[Cl-].[Cl-]. The second kappa shape index (κ2) is 8.54.